The van der Waals surface area contributed by atoms with Crippen LogP contribution in [0.15, 0.2) is 89.5 Å². The second-order valence-corrected chi connectivity index (χ2v) is 11.0. The second kappa shape index (κ2) is 18.3. The minimum absolute atomic E-state index is 0.419. The number of benzene rings is 2. The normalized spacial score (nSPS) is 16.4. The quantitative estimate of drug-likeness (QED) is 0.151. The topological polar surface area (TPSA) is 86.4 Å². The molecule has 3 aromatic rings. The van der Waals surface area contributed by atoms with E-state index in [1.807, 2.05) is 44.2 Å². The first-order chi connectivity index (χ1) is 22.3. The van der Waals surface area contributed by atoms with Crippen LogP contribution in [0.4, 0.5) is 10.6 Å². The lowest BCUT2D eigenvalue weighted by Crippen LogP contribution is -2.43. The number of urea groups is 1. The van der Waals surface area contributed by atoms with Gasteiger partial charge in [0.2, 0.25) is 0 Å². The number of piperazine rings is 1. The van der Waals surface area contributed by atoms with Crippen LogP contribution in [0.1, 0.15) is 66.9 Å². The van der Waals surface area contributed by atoms with Crippen molar-refractivity contribution >= 4 is 17.8 Å². The highest BCUT2D eigenvalue weighted by atomic mass is 16.2. The molecule has 2 fully saturated rings. The molecule has 2 aliphatic heterocycles. The molecule has 0 radical (unpaired) electrons. The van der Waals surface area contributed by atoms with Gasteiger partial charge in [-0.25, -0.2) is 9.78 Å². The lowest BCUT2D eigenvalue weighted by atomic mass is 10.0. The number of carbonyl (C=O) groups is 2. The molecule has 0 spiro atoms. The van der Waals surface area contributed by atoms with Gasteiger partial charge >= 0.3 is 6.03 Å². The standard InChI is InChI=1S/C26H23N5O2.C11H20.C2H6/c32-25-23(29-26(33)30-25)13-6-18-4-7-19(8-5-18)20-9-11-21(12-10-20)22-2-1-3-24(28-22)31-16-14-27-15-17-31;1-6-8-10(4)11(5)9(3)7-2;1-2/h1-5,7-12,23,27H,14-17H2,(H2,29,30,32,33);8H,6-7H2,1-5H3;1-2H3/b;10-8+,11-9-;. The number of nitrogens with zero attached hydrogens (tertiary/aromatic N) is 2. The van der Waals surface area contributed by atoms with Crippen molar-refractivity contribution in [1.29, 1.82) is 0 Å². The Balaban J connectivity index is 0.000000379. The largest absolute Gasteiger partial charge is 0.354 e. The summed E-state index contributed by atoms with van der Waals surface area (Å²) in [6.07, 6.45) is 4.59. The average molecular weight is 620 g/mol. The third kappa shape index (κ3) is 10.2. The molecule has 2 aliphatic rings. The van der Waals surface area contributed by atoms with E-state index >= 15 is 0 Å². The molecule has 2 saturated heterocycles. The summed E-state index contributed by atoms with van der Waals surface area (Å²) in [6, 6.07) is 21.0. The molecule has 0 saturated carbocycles. The Morgan fingerprint density at radius 1 is 0.891 bits per heavy atom. The fourth-order valence-corrected chi connectivity index (χ4v) is 4.97. The molecule has 3 heterocycles. The minimum Gasteiger partial charge on any atom is -0.354 e. The molecule has 7 heteroatoms. The Morgan fingerprint density at radius 2 is 1.50 bits per heavy atom. The van der Waals surface area contributed by atoms with E-state index in [9.17, 15) is 9.59 Å². The van der Waals surface area contributed by atoms with Crippen LogP contribution in [-0.4, -0.2) is 49.1 Å². The van der Waals surface area contributed by atoms with Gasteiger partial charge in [0.15, 0.2) is 6.04 Å². The molecule has 0 aliphatic carbocycles. The number of nitrogens with one attached hydrogen (secondary N) is 3. The SMILES string of the molecule is CC.CC/C=C(C)/C(C)=C(/C)CC.O=C1NC(=O)C(C#Cc2ccc(-c3ccc(-c4cccc(N5CCNCC5)n4)cc3)cc2)N1. The number of allylic oxidation sites excluding steroid dienone is 4. The van der Waals surface area contributed by atoms with E-state index in [1.54, 1.807) is 0 Å². The van der Waals surface area contributed by atoms with Crippen LogP contribution < -0.4 is 20.9 Å². The summed E-state index contributed by atoms with van der Waals surface area (Å²) in [5, 5.41) is 8.01. The number of imide groups is 1. The zero-order valence-corrected chi connectivity index (χ0v) is 28.5. The van der Waals surface area contributed by atoms with E-state index in [0.29, 0.717) is 0 Å². The molecule has 1 atom stereocenters. The molecule has 0 bridgehead atoms. The van der Waals surface area contributed by atoms with E-state index in [0.717, 1.165) is 66.4 Å². The maximum Gasteiger partial charge on any atom is 0.322 e. The Kier molecular flexibility index (Phi) is 14.3. The lowest BCUT2D eigenvalue weighted by Gasteiger charge is -2.28. The molecular weight excluding hydrogens is 570 g/mol. The first kappa shape index (κ1) is 35.8. The van der Waals surface area contributed by atoms with Crippen molar-refractivity contribution in [1.82, 2.24) is 20.9 Å². The van der Waals surface area contributed by atoms with Crippen LogP contribution >= 0.6 is 0 Å². The number of anilines is 1. The summed E-state index contributed by atoms with van der Waals surface area (Å²) in [7, 11) is 0. The number of rotatable bonds is 6. The number of hydrogen-bond donors (Lipinski definition) is 3. The van der Waals surface area contributed by atoms with Crippen LogP contribution in [0.2, 0.25) is 0 Å². The van der Waals surface area contributed by atoms with Crippen molar-refractivity contribution in [3.63, 3.8) is 0 Å². The first-order valence-electron chi connectivity index (χ1n) is 16.4. The van der Waals surface area contributed by atoms with Crippen LogP contribution in [-0.2, 0) is 4.79 Å². The first-order valence-corrected chi connectivity index (χ1v) is 16.4. The Morgan fingerprint density at radius 3 is 2.07 bits per heavy atom. The molecular formula is C39H49N5O2. The van der Waals surface area contributed by atoms with Crippen LogP contribution in [0.5, 0.6) is 0 Å². The van der Waals surface area contributed by atoms with Gasteiger partial charge in [0.25, 0.3) is 5.91 Å². The zero-order valence-electron chi connectivity index (χ0n) is 28.5. The second-order valence-electron chi connectivity index (χ2n) is 11.0. The van der Waals surface area contributed by atoms with Crippen molar-refractivity contribution in [3.05, 3.63) is 95.1 Å². The monoisotopic (exact) mass is 619 g/mol. The minimum atomic E-state index is -0.802. The van der Waals surface area contributed by atoms with Crippen molar-refractivity contribution in [3.8, 4) is 34.2 Å². The highest BCUT2D eigenvalue weighted by Crippen LogP contribution is 2.26. The Hall–Kier alpha value is -4.67. The fraction of sp³-hybridized carbons (Fsp3) is 0.359. The molecule has 1 unspecified atom stereocenters. The predicted molar refractivity (Wildman–Crippen MR) is 192 cm³/mol. The molecule has 7 nitrogen and oxygen atoms in total. The van der Waals surface area contributed by atoms with Gasteiger partial charge in [-0.15, -0.1) is 0 Å². The number of aromatic nitrogens is 1. The summed E-state index contributed by atoms with van der Waals surface area (Å²) >= 11 is 0. The van der Waals surface area contributed by atoms with E-state index < -0.39 is 18.0 Å². The van der Waals surface area contributed by atoms with E-state index in [2.05, 4.69) is 110 Å². The maximum atomic E-state index is 11.6. The maximum absolute atomic E-state index is 11.6. The highest BCUT2D eigenvalue weighted by Gasteiger charge is 2.27. The summed E-state index contributed by atoms with van der Waals surface area (Å²) in [6.45, 7) is 18.9. The smallest absolute Gasteiger partial charge is 0.322 e. The summed E-state index contributed by atoms with van der Waals surface area (Å²) < 4.78 is 0. The summed E-state index contributed by atoms with van der Waals surface area (Å²) in [5.41, 5.74) is 9.40. The van der Waals surface area contributed by atoms with Gasteiger partial charge in [0.05, 0.1) is 5.69 Å². The van der Waals surface area contributed by atoms with Gasteiger partial charge in [0.1, 0.15) is 5.82 Å². The third-order valence-electron chi connectivity index (χ3n) is 7.98. The van der Waals surface area contributed by atoms with Gasteiger partial charge in [-0.05, 0) is 74.6 Å². The number of carbonyl (C=O) groups excluding carboxylic acids is 2. The van der Waals surface area contributed by atoms with Gasteiger partial charge < -0.3 is 15.5 Å². The molecule has 1 aromatic heterocycles. The van der Waals surface area contributed by atoms with E-state index in [1.165, 1.54) is 23.1 Å². The summed E-state index contributed by atoms with van der Waals surface area (Å²) in [4.78, 5) is 29.9. The average Bonchev–Trinajstić information content (AvgIpc) is 3.44. The molecule has 2 aromatic carbocycles. The molecule has 242 valence electrons. The lowest BCUT2D eigenvalue weighted by molar-refractivity contribution is -0.119. The summed E-state index contributed by atoms with van der Waals surface area (Å²) in [5.74, 6) is 6.32. The zero-order chi connectivity index (χ0) is 33.5. The van der Waals surface area contributed by atoms with Crippen LogP contribution in [0.25, 0.3) is 22.4 Å². The molecule has 3 N–H and O–H groups in total. The number of hydrogen-bond acceptors (Lipinski definition) is 5. The molecule has 5 rings (SSSR count). The number of pyridine rings is 1. The van der Waals surface area contributed by atoms with E-state index in [-0.39, 0.29) is 0 Å². The third-order valence-corrected chi connectivity index (χ3v) is 7.98. The molecule has 3 amide bonds. The van der Waals surface area contributed by atoms with Crippen molar-refractivity contribution in [2.75, 3.05) is 31.1 Å². The van der Waals surface area contributed by atoms with Crippen molar-refractivity contribution in [2.24, 2.45) is 0 Å². The van der Waals surface area contributed by atoms with Crippen molar-refractivity contribution < 1.29 is 9.59 Å². The highest BCUT2D eigenvalue weighted by molar-refractivity contribution is 6.05. The predicted octanol–water partition coefficient (Wildman–Crippen LogP) is 7.50. The van der Waals surface area contributed by atoms with Crippen molar-refractivity contribution in [2.45, 2.75) is 67.3 Å². The van der Waals surface area contributed by atoms with Gasteiger partial charge in [-0.1, -0.05) is 99.2 Å². The number of amides is 3. The van der Waals surface area contributed by atoms with Gasteiger partial charge in [-0.2, -0.15) is 0 Å². The van der Waals surface area contributed by atoms with E-state index in [4.69, 9.17) is 4.98 Å². The van der Waals surface area contributed by atoms with Crippen LogP contribution in [0.3, 0.4) is 0 Å². The Labute approximate surface area is 275 Å². The van der Waals surface area contributed by atoms with Gasteiger partial charge in [-0.3, -0.25) is 10.1 Å². The fourth-order valence-electron chi connectivity index (χ4n) is 4.97. The Bertz CT molecular complexity index is 1570. The molecule has 46 heavy (non-hydrogen) atoms. The van der Waals surface area contributed by atoms with Crippen LogP contribution in [0, 0.1) is 11.8 Å². The van der Waals surface area contributed by atoms with Gasteiger partial charge in [0, 0.05) is 37.3 Å².